The van der Waals surface area contributed by atoms with E-state index in [-0.39, 0.29) is 0 Å². The molecule has 1 saturated heterocycles. The molecule has 0 aliphatic carbocycles. The van der Waals surface area contributed by atoms with E-state index in [1.807, 2.05) is 12.1 Å². The molecule has 0 unspecified atom stereocenters. The lowest BCUT2D eigenvalue weighted by atomic mass is 10.1. The standard InChI is InChI=1S/C21H36N4O3/c1-7-22-21(23-14-16(2)3)25-10-8-24(9-11-25)15-17-12-18(26-4)20(28-6)19(13-17)27-5/h12-13,16H,7-11,14-15H2,1-6H3,(H,22,23). The molecule has 0 spiro atoms. The van der Waals surface area contributed by atoms with Crippen molar-refractivity contribution in [3.05, 3.63) is 17.7 Å². The van der Waals surface area contributed by atoms with Gasteiger partial charge in [-0.1, -0.05) is 13.8 Å². The predicted molar refractivity (Wildman–Crippen MR) is 114 cm³/mol. The first-order valence-corrected chi connectivity index (χ1v) is 10.1. The average Bonchev–Trinajstić information content (AvgIpc) is 2.70. The van der Waals surface area contributed by atoms with Crippen molar-refractivity contribution in [3.8, 4) is 17.2 Å². The molecule has 7 heteroatoms. The highest BCUT2D eigenvalue weighted by molar-refractivity contribution is 5.80. The maximum Gasteiger partial charge on any atom is 0.203 e. The topological polar surface area (TPSA) is 58.6 Å². The Morgan fingerprint density at radius 3 is 2.11 bits per heavy atom. The van der Waals surface area contributed by atoms with Crippen LogP contribution in [0.15, 0.2) is 17.1 Å². The molecule has 28 heavy (non-hydrogen) atoms. The van der Waals surface area contributed by atoms with Crippen molar-refractivity contribution >= 4 is 5.96 Å². The summed E-state index contributed by atoms with van der Waals surface area (Å²) in [5.74, 6) is 3.63. The van der Waals surface area contributed by atoms with Crippen molar-refractivity contribution in [1.29, 1.82) is 0 Å². The number of methoxy groups -OCH3 is 3. The Kier molecular flexibility index (Phi) is 8.70. The normalized spacial score (nSPS) is 15.7. The lowest BCUT2D eigenvalue weighted by molar-refractivity contribution is 0.172. The number of hydrogen-bond donors (Lipinski definition) is 1. The largest absolute Gasteiger partial charge is 0.493 e. The van der Waals surface area contributed by atoms with Gasteiger partial charge in [0.15, 0.2) is 17.5 Å². The van der Waals surface area contributed by atoms with Crippen LogP contribution in [0.1, 0.15) is 26.3 Å². The van der Waals surface area contributed by atoms with Gasteiger partial charge < -0.3 is 24.4 Å². The third-order valence-corrected chi connectivity index (χ3v) is 4.74. The summed E-state index contributed by atoms with van der Waals surface area (Å²) in [5, 5.41) is 3.43. The summed E-state index contributed by atoms with van der Waals surface area (Å²) in [7, 11) is 4.93. The first-order valence-electron chi connectivity index (χ1n) is 10.1. The predicted octanol–water partition coefficient (Wildman–Crippen LogP) is 2.45. The molecule has 1 aliphatic heterocycles. The minimum atomic E-state index is 0.565. The second kappa shape index (κ2) is 11.0. The molecular formula is C21H36N4O3. The van der Waals surface area contributed by atoms with Crippen LogP contribution in [0, 0.1) is 5.92 Å². The number of guanidine groups is 1. The van der Waals surface area contributed by atoms with Gasteiger partial charge in [-0.2, -0.15) is 0 Å². The number of aliphatic imine (C=N–C) groups is 1. The molecule has 0 aromatic heterocycles. The van der Waals surface area contributed by atoms with Gasteiger partial charge in [0.05, 0.1) is 21.3 Å². The summed E-state index contributed by atoms with van der Waals surface area (Å²) in [6, 6.07) is 4.06. The van der Waals surface area contributed by atoms with E-state index in [1.165, 1.54) is 0 Å². The fourth-order valence-electron chi connectivity index (χ4n) is 3.30. The van der Waals surface area contributed by atoms with Crippen molar-refractivity contribution in [3.63, 3.8) is 0 Å². The number of hydrogen-bond acceptors (Lipinski definition) is 5. The smallest absolute Gasteiger partial charge is 0.203 e. The molecule has 1 fully saturated rings. The zero-order chi connectivity index (χ0) is 20.5. The fraction of sp³-hybridized carbons (Fsp3) is 0.667. The van der Waals surface area contributed by atoms with E-state index in [4.69, 9.17) is 19.2 Å². The van der Waals surface area contributed by atoms with E-state index < -0.39 is 0 Å². The lowest BCUT2D eigenvalue weighted by Crippen LogP contribution is -2.52. The molecule has 7 nitrogen and oxygen atoms in total. The monoisotopic (exact) mass is 392 g/mol. The van der Waals surface area contributed by atoms with E-state index in [0.29, 0.717) is 23.2 Å². The molecule has 1 aliphatic rings. The van der Waals surface area contributed by atoms with Crippen molar-refractivity contribution in [2.24, 2.45) is 10.9 Å². The highest BCUT2D eigenvalue weighted by atomic mass is 16.5. The lowest BCUT2D eigenvalue weighted by Gasteiger charge is -2.36. The fourth-order valence-corrected chi connectivity index (χ4v) is 3.30. The van der Waals surface area contributed by atoms with Crippen LogP contribution in [0.2, 0.25) is 0 Å². The Labute approximate surface area is 169 Å². The number of piperazine rings is 1. The van der Waals surface area contributed by atoms with Gasteiger partial charge in [-0.05, 0) is 30.5 Å². The SMILES string of the molecule is CCNC(=NCC(C)C)N1CCN(Cc2cc(OC)c(OC)c(OC)c2)CC1. The van der Waals surface area contributed by atoms with Gasteiger partial charge >= 0.3 is 0 Å². The van der Waals surface area contributed by atoms with Gasteiger partial charge in [0.1, 0.15) is 0 Å². The minimum absolute atomic E-state index is 0.565. The third-order valence-electron chi connectivity index (χ3n) is 4.74. The summed E-state index contributed by atoms with van der Waals surface area (Å²) < 4.78 is 16.4. The molecule has 1 aromatic rings. The zero-order valence-corrected chi connectivity index (χ0v) is 18.2. The molecule has 1 N–H and O–H groups in total. The van der Waals surface area contributed by atoms with Gasteiger partial charge in [0.25, 0.3) is 0 Å². The summed E-state index contributed by atoms with van der Waals surface area (Å²) >= 11 is 0. The van der Waals surface area contributed by atoms with E-state index in [1.54, 1.807) is 21.3 Å². The van der Waals surface area contributed by atoms with Crippen LogP contribution < -0.4 is 19.5 Å². The van der Waals surface area contributed by atoms with Crippen LogP contribution in [0.3, 0.4) is 0 Å². The second-order valence-electron chi connectivity index (χ2n) is 7.39. The number of nitrogens with zero attached hydrogens (tertiary/aromatic N) is 3. The van der Waals surface area contributed by atoms with Crippen LogP contribution in [0.4, 0.5) is 0 Å². The van der Waals surface area contributed by atoms with Crippen LogP contribution >= 0.6 is 0 Å². The Bertz CT molecular complexity index is 616. The summed E-state index contributed by atoms with van der Waals surface area (Å²) in [4.78, 5) is 9.58. The Morgan fingerprint density at radius 1 is 1.04 bits per heavy atom. The van der Waals surface area contributed by atoms with Crippen LogP contribution in [-0.2, 0) is 6.54 Å². The summed E-state index contributed by atoms with van der Waals surface area (Å²) in [5.41, 5.74) is 1.16. The average molecular weight is 393 g/mol. The molecule has 2 rings (SSSR count). The number of benzene rings is 1. The van der Waals surface area contributed by atoms with Crippen LogP contribution in [0.5, 0.6) is 17.2 Å². The first-order chi connectivity index (χ1) is 13.5. The first kappa shape index (κ1) is 22.1. The van der Waals surface area contributed by atoms with E-state index >= 15 is 0 Å². The van der Waals surface area contributed by atoms with Gasteiger partial charge in [0, 0.05) is 45.8 Å². The Hall–Kier alpha value is -2.15. The maximum absolute atomic E-state index is 5.47. The highest BCUT2D eigenvalue weighted by Crippen LogP contribution is 2.38. The summed E-state index contributed by atoms with van der Waals surface area (Å²) in [6.07, 6.45) is 0. The number of rotatable bonds is 8. The molecule has 0 saturated carbocycles. The van der Waals surface area contributed by atoms with Gasteiger partial charge in [0.2, 0.25) is 5.75 Å². The molecular weight excluding hydrogens is 356 g/mol. The minimum Gasteiger partial charge on any atom is -0.493 e. The van der Waals surface area contributed by atoms with Crippen molar-refractivity contribution in [2.75, 3.05) is 60.6 Å². The quantitative estimate of drug-likeness (QED) is 0.542. The van der Waals surface area contributed by atoms with Gasteiger partial charge in [-0.3, -0.25) is 9.89 Å². The molecule has 158 valence electrons. The zero-order valence-electron chi connectivity index (χ0n) is 18.2. The molecule has 0 amide bonds. The molecule has 0 bridgehead atoms. The Balaban J connectivity index is 2.01. The molecule has 0 atom stereocenters. The van der Waals surface area contributed by atoms with Crippen molar-refractivity contribution in [2.45, 2.75) is 27.3 Å². The van der Waals surface area contributed by atoms with Crippen molar-refractivity contribution in [1.82, 2.24) is 15.1 Å². The molecule has 1 heterocycles. The van der Waals surface area contributed by atoms with Crippen LogP contribution in [-0.4, -0.2) is 76.4 Å². The van der Waals surface area contributed by atoms with Gasteiger partial charge in [-0.15, -0.1) is 0 Å². The molecule has 1 aromatic carbocycles. The molecule has 0 radical (unpaired) electrons. The van der Waals surface area contributed by atoms with Crippen molar-refractivity contribution < 1.29 is 14.2 Å². The summed E-state index contributed by atoms with van der Waals surface area (Å²) in [6.45, 7) is 13.0. The van der Waals surface area contributed by atoms with Crippen LogP contribution in [0.25, 0.3) is 0 Å². The van der Waals surface area contributed by atoms with E-state index in [0.717, 1.165) is 57.3 Å². The third kappa shape index (κ3) is 5.92. The maximum atomic E-state index is 5.47. The van der Waals surface area contributed by atoms with E-state index in [2.05, 4.69) is 35.9 Å². The number of nitrogens with one attached hydrogen (secondary N) is 1. The van der Waals surface area contributed by atoms with E-state index in [9.17, 15) is 0 Å². The van der Waals surface area contributed by atoms with Gasteiger partial charge in [-0.25, -0.2) is 0 Å². The number of ether oxygens (including phenoxy) is 3. The second-order valence-corrected chi connectivity index (χ2v) is 7.39. The Morgan fingerprint density at radius 2 is 1.64 bits per heavy atom. The highest BCUT2D eigenvalue weighted by Gasteiger charge is 2.21.